The van der Waals surface area contributed by atoms with E-state index in [1.165, 1.54) is 4.90 Å². The van der Waals surface area contributed by atoms with Gasteiger partial charge in [0.25, 0.3) is 0 Å². The van der Waals surface area contributed by atoms with Crippen LogP contribution in [0.25, 0.3) is 0 Å². The van der Waals surface area contributed by atoms with E-state index in [9.17, 15) is 18.0 Å². The minimum absolute atomic E-state index is 0.0448. The predicted octanol–water partition coefficient (Wildman–Crippen LogP) is 5.04. The SMILES string of the molecule is CCc1ccccc1N(CC(=O)N(Cc1c(Cl)cccc1Cl)[C@H](CC)C(=O)N[C@@H](C)CC)S(C)(=O)=O. The van der Waals surface area contributed by atoms with Gasteiger partial charge in [0.1, 0.15) is 12.6 Å². The first kappa shape index (κ1) is 29.9. The number of anilines is 1. The van der Waals surface area contributed by atoms with Gasteiger partial charge in [-0.1, -0.05) is 68.2 Å². The summed E-state index contributed by atoms with van der Waals surface area (Å²) in [5, 5.41) is 3.64. The Kier molecular flexibility index (Phi) is 11.1. The van der Waals surface area contributed by atoms with E-state index in [2.05, 4.69) is 5.32 Å². The van der Waals surface area contributed by atoms with E-state index in [1.807, 2.05) is 32.9 Å². The highest BCUT2D eigenvalue weighted by Crippen LogP contribution is 2.28. The van der Waals surface area contributed by atoms with Crippen LogP contribution < -0.4 is 9.62 Å². The van der Waals surface area contributed by atoms with Crippen molar-refractivity contribution in [3.63, 3.8) is 0 Å². The Balaban J connectivity index is 2.54. The molecule has 2 rings (SSSR count). The number of benzene rings is 2. The molecule has 0 aromatic heterocycles. The summed E-state index contributed by atoms with van der Waals surface area (Å²) >= 11 is 12.8. The summed E-state index contributed by atoms with van der Waals surface area (Å²) in [6, 6.07) is 11.1. The first-order valence-electron chi connectivity index (χ1n) is 12.0. The van der Waals surface area contributed by atoms with Crippen molar-refractivity contribution < 1.29 is 18.0 Å². The highest BCUT2D eigenvalue weighted by atomic mass is 35.5. The van der Waals surface area contributed by atoms with Crippen molar-refractivity contribution in [3.8, 4) is 0 Å². The Morgan fingerprint density at radius 1 is 0.972 bits per heavy atom. The quantitative estimate of drug-likeness (QED) is 0.397. The van der Waals surface area contributed by atoms with E-state index in [0.717, 1.165) is 22.5 Å². The Morgan fingerprint density at radius 3 is 2.11 bits per heavy atom. The first-order valence-corrected chi connectivity index (χ1v) is 14.6. The molecule has 0 aliphatic rings. The lowest BCUT2D eigenvalue weighted by Gasteiger charge is -2.34. The Morgan fingerprint density at radius 2 is 1.58 bits per heavy atom. The molecule has 2 aromatic rings. The minimum Gasteiger partial charge on any atom is -0.352 e. The van der Waals surface area contributed by atoms with Crippen molar-refractivity contribution in [1.82, 2.24) is 10.2 Å². The van der Waals surface area contributed by atoms with Gasteiger partial charge < -0.3 is 10.2 Å². The fraction of sp³-hybridized carbons (Fsp3) is 0.462. The second-order valence-corrected chi connectivity index (χ2v) is 11.4. The molecular formula is C26H35Cl2N3O4S. The van der Waals surface area contributed by atoms with Crippen molar-refractivity contribution in [2.24, 2.45) is 0 Å². The average molecular weight is 557 g/mol. The van der Waals surface area contributed by atoms with Crippen LogP contribution in [0.5, 0.6) is 0 Å². The molecule has 0 bridgehead atoms. The molecule has 1 N–H and O–H groups in total. The standard InChI is InChI=1S/C26H35Cl2N3O4S/c1-6-18(4)29-26(33)23(8-3)30(16-20-21(27)13-11-14-22(20)28)25(32)17-31(36(5,34)35)24-15-10-9-12-19(24)7-2/h9-15,18,23H,6-8,16-17H2,1-5H3,(H,29,33)/t18-,23+/m0/s1. The molecule has 0 saturated carbocycles. The van der Waals surface area contributed by atoms with E-state index in [0.29, 0.717) is 34.1 Å². The van der Waals surface area contributed by atoms with Crippen molar-refractivity contribution >= 4 is 50.7 Å². The van der Waals surface area contributed by atoms with Crippen molar-refractivity contribution in [1.29, 1.82) is 0 Å². The monoisotopic (exact) mass is 555 g/mol. The molecule has 0 unspecified atom stereocenters. The number of nitrogens with one attached hydrogen (secondary N) is 1. The van der Waals surface area contributed by atoms with E-state index in [1.54, 1.807) is 37.3 Å². The van der Waals surface area contributed by atoms with Crippen LogP contribution in [-0.2, 0) is 32.6 Å². The Labute approximate surface area is 224 Å². The van der Waals surface area contributed by atoms with E-state index in [-0.39, 0.29) is 18.5 Å². The highest BCUT2D eigenvalue weighted by molar-refractivity contribution is 7.92. The third kappa shape index (κ3) is 7.60. The smallest absolute Gasteiger partial charge is 0.244 e. The molecular weight excluding hydrogens is 521 g/mol. The minimum atomic E-state index is -3.81. The van der Waals surface area contributed by atoms with Gasteiger partial charge in [0, 0.05) is 28.2 Å². The fourth-order valence-corrected chi connectivity index (χ4v) is 5.26. The van der Waals surface area contributed by atoms with Crippen LogP contribution in [0.3, 0.4) is 0 Å². The molecule has 0 aliphatic carbocycles. The number of carbonyl (C=O) groups excluding carboxylic acids is 2. The number of aryl methyl sites for hydroxylation is 1. The van der Waals surface area contributed by atoms with E-state index >= 15 is 0 Å². The van der Waals surface area contributed by atoms with Gasteiger partial charge in [-0.15, -0.1) is 0 Å². The lowest BCUT2D eigenvalue weighted by Crippen LogP contribution is -2.53. The molecule has 0 spiro atoms. The number of sulfonamides is 1. The summed E-state index contributed by atoms with van der Waals surface area (Å²) in [6.07, 6.45) is 2.70. The molecule has 36 heavy (non-hydrogen) atoms. The summed E-state index contributed by atoms with van der Waals surface area (Å²) in [6.45, 7) is 7.04. The maximum absolute atomic E-state index is 13.8. The van der Waals surface area contributed by atoms with Crippen molar-refractivity contribution in [3.05, 3.63) is 63.6 Å². The number of hydrogen-bond donors (Lipinski definition) is 1. The van der Waals surface area contributed by atoms with Gasteiger partial charge in [0.2, 0.25) is 21.8 Å². The topological polar surface area (TPSA) is 86.8 Å². The third-order valence-corrected chi connectivity index (χ3v) is 7.93. The zero-order valence-corrected chi connectivity index (χ0v) is 23.8. The number of rotatable bonds is 12. The lowest BCUT2D eigenvalue weighted by atomic mass is 10.1. The van der Waals surface area contributed by atoms with Gasteiger partial charge in [0.05, 0.1) is 11.9 Å². The molecule has 0 saturated heterocycles. The number of nitrogens with zero attached hydrogens (tertiary/aromatic N) is 2. The number of para-hydroxylation sites is 1. The molecule has 10 heteroatoms. The molecule has 2 atom stereocenters. The molecule has 2 amide bonds. The number of halogens is 2. The molecule has 0 radical (unpaired) electrons. The van der Waals surface area contributed by atoms with E-state index in [4.69, 9.17) is 23.2 Å². The zero-order chi connectivity index (χ0) is 27.0. The summed E-state index contributed by atoms with van der Waals surface area (Å²) in [4.78, 5) is 28.4. The third-order valence-electron chi connectivity index (χ3n) is 6.10. The van der Waals surface area contributed by atoms with Crippen LogP contribution in [-0.4, -0.2) is 50.0 Å². The van der Waals surface area contributed by atoms with Crippen LogP contribution in [0.1, 0.15) is 51.7 Å². The van der Waals surface area contributed by atoms with Gasteiger partial charge in [-0.3, -0.25) is 13.9 Å². The van der Waals surface area contributed by atoms with Gasteiger partial charge in [-0.25, -0.2) is 8.42 Å². The van der Waals surface area contributed by atoms with Crippen molar-refractivity contribution in [2.45, 2.75) is 65.6 Å². The number of hydrogen-bond acceptors (Lipinski definition) is 4. The second kappa shape index (κ2) is 13.3. The first-order chi connectivity index (χ1) is 16.9. The van der Waals surface area contributed by atoms with Crippen LogP contribution >= 0.6 is 23.2 Å². The summed E-state index contributed by atoms with van der Waals surface area (Å²) in [5.74, 6) is -0.850. The lowest BCUT2D eigenvalue weighted by molar-refractivity contribution is -0.140. The van der Waals surface area contributed by atoms with Crippen molar-refractivity contribution in [2.75, 3.05) is 17.1 Å². The van der Waals surface area contributed by atoms with Crippen LogP contribution in [0, 0.1) is 0 Å². The molecule has 198 valence electrons. The Hall–Kier alpha value is -2.29. The molecule has 7 nitrogen and oxygen atoms in total. The fourth-order valence-electron chi connectivity index (χ4n) is 3.86. The number of carbonyl (C=O) groups is 2. The molecule has 2 aromatic carbocycles. The molecule has 0 heterocycles. The van der Waals surface area contributed by atoms with Gasteiger partial charge in [0.15, 0.2) is 0 Å². The van der Waals surface area contributed by atoms with Gasteiger partial charge >= 0.3 is 0 Å². The largest absolute Gasteiger partial charge is 0.352 e. The zero-order valence-electron chi connectivity index (χ0n) is 21.4. The van der Waals surface area contributed by atoms with Gasteiger partial charge in [-0.2, -0.15) is 0 Å². The average Bonchev–Trinajstić information content (AvgIpc) is 2.83. The summed E-state index contributed by atoms with van der Waals surface area (Å²) < 4.78 is 26.7. The molecule has 0 fully saturated rings. The Bertz CT molecular complexity index is 1150. The summed E-state index contributed by atoms with van der Waals surface area (Å²) in [7, 11) is -3.81. The molecule has 0 aliphatic heterocycles. The van der Waals surface area contributed by atoms with Crippen LogP contribution in [0.2, 0.25) is 10.0 Å². The van der Waals surface area contributed by atoms with Crippen LogP contribution in [0.4, 0.5) is 5.69 Å². The number of amides is 2. The van der Waals surface area contributed by atoms with Gasteiger partial charge in [-0.05, 0) is 49.9 Å². The summed E-state index contributed by atoms with van der Waals surface area (Å²) in [5.41, 5.74) is 1.71. The normalized spacial score (nSPS) is 13.1. The maximum atomic E-state index is 13.8. The van der Waals surface area contributed by atoms with Crippen LogP contribution in [0.15, 0.2) is 42.5 Å². The maximum Gasteiger partial charge on any atom is 0.244 e. The highest BCUT2D eigenvalue weighted by Gasteiger charge is 2.33. The second-order valence-electron chi connectivity index (χ2n) is 8.72. The van der Waals surface area contributed by atoms with E-state index < -0.39 is 28.5 Å². The predicted molar refractivity (Wildman–Crippen MR) is 147 cm³/mol.